The molecular weight excluding hydrogens is 266 g/mol. The van der Waals surface area contributed by atoms with E-state index in [0.717, 1.165) is 11.3 Å². The molecule has 21 heavy (non-hydrogen) atoms. The molecule has 0 aromatic heterocycles. The number of urea groups is 1. The molecule has 0 aliphatic carbocycles. The van der Waals surface area contributed by atoms with Crippen LogP contribution in [0.1, 0.15) is 12.5 Å². The number of ether oxygens (including phenoxy) is 1. The zero-order valence-corrected chi connectivity index (χ0v) is 12.0. The average molecular weight is 283 g/mol. The summed E-state index contributed by atoms with van der Waals surface area (Å²) in [5, 5.41) is 6.75. The van der Waals surface area contributed by atoms with Crippen molar-refractivity contribution in [3.63, 3.8) is 0 Å². The SMILES string of the molecule is COc1ccc(C(C)=NNC(=O)Nc2ccccc2)cc1. The monoisotopic (exact) mass is 283 g/mol. The number of carbonyl (C=O) groups excluding carboxylic acids is 1. The first kappa shape index (κ1) is 14.6. The number of hydrazone groups is 1. The predicted octanol–water partition coefficient (Wildman–Crippen LogP) is 3.24. The fourth-order valence-corrected chi connectivity index (χ4v) is 1.71. The van der Waals surface area contributed by atoms with Crippen LogP contribution in [0.3, 0.4) is 0 Å². The molecule has 2 rings (SSSR count). The van der Waals surface area contributed by atoms with Crippen molar-refractivity contribution in [1.82, 2.24) is 5.43 Å². The number of nitrogens with zero attached hydrogens (tertiary/aromatic N) is 1. The lowest BCUT2D eigenvalue weighted by Crippen LogP contribution is -2.25. The van der Waals surface area contributed by atoms with Crippen molar-refractivity contribution in [2.24, 2.45) is 5.10 Å². The number of rotatable bonds is 4. The average Bonchev–Trinajstić information content (AvgIpc) is 2.53. The molecule has 5 heteroatoms. The molecule has 0 unspecified atom stereocenters. The summed E-state index contributed by atoms with van der Waals surface area (Å²) >= 11 is 0. The lowest BCUT2D eigenvalue weighted by atomic mass is 10.1. The van der Waals surface area contributed by atoms with Gasteiger partial charge in [-0.3, -0.25) is 0 Å². The Morgan fingerprint density at radius 1 is 1.05 bits per heavy atom. The second kappa shape index (κ2) is 7.09. The Kier molecular flexibility index (Phi) is 4.93. The maximum atomic E-state index is 11.7. The molecule has 2 N–H and O–H groups in total. The number of para-hydroxylation sites is 1. The molecule has 0 aliphatic heterocycles. The Morgan fingerprint density at radius 2 is 1.71 bits per heavy atom. The lowest BCUT2D eigenvalue weighted by molar-refractivity contribution is 0.252. The van der Waals surface area contributed by atoms with Crippen LogP contribution in [0.4, 0.5) is 10.5 Å². The van der Waals surface area contributed by atoms with Crippen LogP contribution in [0.5, 0.6) is 5.75 Å². The standard InChI is InChI=1S/C16H17N3O2/c1-12(13-8-10-15(21-2)11-9-13)18-19-16(20)17-14-6-4-3-5-7-14/h3-11H,1-2H3,(H2,17,19,20). The zero-order chi connectivity index (χ0) is 15.1. The fourth-order valence-electron chi connectivity index (χ4n) is 1.71. The summed E-state index contributed by atoms with van der Waals surface area (Å²) in [6, 6.07) is 16.3. The first-order chi connectivity index (χ1) is 10.2. The fraction of sp³-hybridized carbons (Fsp3) is 0.125. The highest BCUT2D eigenvalue weighted by Gasteiger charge is 2.01. The van der Waals surface area contributed by atoms with Crippen molar-refractivity contribution in [3.05, 3.63) is 60.2 Å². The number of hydrogen-bond acceptors (Lipinski definition) is 3. The van der Waals surface area contributed by atoms with Gasteiger partial charge in [0.15, 0.2) is 0 Å². The number of carbonyl (C=O) groups is 1. The van der Waals surface area contributed by atoms with E-state index < -0.39 is 0 Å². The molecule has 0 saturated heterocycles. The van der Waals surface area contributed by atoms with Crippen molar-refractivity contribution in [2.45, 2.75) is 6.92 Å². The van der Waals surface area contributed by atoms with Crippen LogP contribution in [-0.2, 0) is 0 Å². The first-order valence-corrected chi connectivity index (χ1v) is 6.50. The molecule has 0 fully saturated rings. The number of nitrogens with one attached hydrogen (secondary N) is 2. The van der Waals surface area contributed by atoms with Gasteiger partial charge in [-0.25, -0.2) is 10.2 Å². The number of hydrogen-bond donors (Lipinski definition) is 2. The Balaban J connectivity index is 1.94. The van der Waals surface area contributed by atoms with Crippen LogP contribution in [-0.4, -0.2) is 18.9 Å². The summed E-state index contributed by atoms with van der Waals surface area (Å²) in [7, 11) is 1.62. The topological polar surface area (TPSA) is 62.7 Å². The Hall–Kier alpha value is -2.82. The van der Waals surface area contributed by atoms with Gasteiger partial charge in [0.1, 0.15) is 5.75 Å². The summed E-state index contributed by atoms with van der Waals surface area (Å²) in [5.74, 6) is 0.779. The van der Waals surface area contributed by atoms with Gasteiger partial charge in [-0.2, -0.15) is 5.10 Å². The quantitative estimate of drug-likeness (QED) is 0.668. The van der Waals surface area contributed by atoms with Gasteiger partial charge < -0.3 is 10.1 Å². The molecule has 0 aliphatic rings. The van der Waals surface area contributed by atoms with Crippen LogP contribution in [0, 0.1) is 0 Å². The van der Waals surface area contributed by atoms with Crippen molar-refractivity contribution in [3.8, 4) is 5.75 Å². The van der Waals surface area contributed by atoms with E-state index in [0.29, 0.717) is 11.4 Å². The highest BCUT2D eigenvalue weighted by atomic mass is 16.5. The maximum Gasteiger partial charge on any atom is 0.339 e. The van der Waals surface area contributed by atoms with Crippen molar-refractivity contribution in [1.29, 1.82) is 0 Å². The van der Waals surface area contributed by atoms with Gasteiger partial charge >= 0.3 is 6.03 Å². The third-order valence-electron chi connectivity index (χ3n) is 2.86. The highest BCUT2D eigenvalue weighted by Crippen LogP contribution is 2.11. The molecular formula is C16H17N3O2. The summed E-state index contributed by atoms with van der Waals surface area (Å²) in [6.07, 6.45) is 0. The number of amides is 2. The van der Waals surface area contributed by atoms with E-state index in [-0.39, 0.29) is 6.03 Å². The van der Waals surface area contributed by atoms with Gasteiger partial charge in [0.2, 0.25) is 0 Å². The third kappa shape index (κ3) is 4.35. The summed E-state index contributed by atoms with van der Waals surface area (Å²) in [4.78, 5) is 11.7. The molecule has 0 saturated carbocycles. The minimum atomic E-state index is -0.380. The second-order valence-electron chi connectivity index (χ2n) is 4.36. The van der Waals surface area contributed by atoms with Gasteiger partial charge in [0.05, 0.1) is 12.8 Å². The first-order valence-electron chi connectivity index (χ1n) is 6.50. The van der Waals surface area contributed by atoms with E-state index in [2.05, 4.69) is 15.8 Å². The molecule has 108 valence electrons. The van der Waals surface area contributed by atoms with E-state index >= 15 is 0 Å². The van der Waals surface area contributed by atoms with Gasteiger partial charge in [0, 0.05) is 5.69 Å². The maximum absolute atomic E-state index is 11.7. The highest BCUT2D eigenvalue weighted by molar-refractivity contribution is 6.00. The molecule has 2 aromatic carbocycles. The number of benzene rings is 2. The van der Waals surface area contributed by atoms with Gasteiger partial charge in [-0.1, -0.05) is 18.2 Å². The van der Waals surface area contributed by atoms with E-state index in [4.69, 9.17) is 4.74 Å². The second-order valence-corrected chi connectivity index (χ2v) is 4.36. The molecule has 5 nitrogen and oxygen atoms in total. The molecule has 0 radical (unpaired) electrons. The van der Waals surface area contributed by atoms with Crippen molar-refractivity contribution in [2.75, 3.05) is 12.4 Å². The summed E-state index contributed by atoms with van der Waals surface area (Å²) in [6.45, 7) is 1.82. The predicted molar refractivity (Wildman–Crippen MR) is 83.8 cm³/mol. The van der Waals surface area contributed by atoms with E-state index in [1.165, 1.54) is 0 Å². The minimum absolute atomic E-state index is 0.380. The Labute approximate surface area is 123 Å². The van der Waals surface area contributed by atoms with Crippen LogP contribution in [0.15, 0.2) is 59.7 Å². The zero-order valence-electron chi connectivity index (χ0n) is 12.0. The van der Waals surface area contributed by atoms with Crippen LogP contribution < -0.4 is 15.5 Å². The molecule has 0 spiro atoms. The molecule has 0 bridgehead atoms. The number of methoxy groups -OCH3 is 1. The molecule has 0 heterocycles. The Bertz CT molecular complexity index is 622. The summed E-state index contributed by atoms with van der Waals surface area (Å²) in [5.41, 5.74) is 4.80. The van der Waals surface area contributed by atoms with Crippen molar-refractivity contribution >= 4 is 17.4 Å². The van der Waals surface area contributed by atoms with Crippen molar-refractivity contribution < 1.29 is 9.53 Å². The van der Waals surface area contributed by atoms with Crippen LogP contribution >= 0.6 is 0 Å². The molecule has 2 aromatic rings. The van der Waals surface area contributed by atoms with Gasteiger partial charge in [-0.05, 0) is 48.9 Å². The van der Waals surface area contributed by atoms with E-state index in [1.54, 1.807) is 19.2 Å². The Morgan fingerprint density at radius 3 is 2.33 bits per heavy atom. The normalized spacial score (nSPS) is 10.9. The summed E-state index contributed by atoms with van der Waals surface area (Å²) < 4.78 is 5.09. The van der Waals surface area contributed by atoms with E-state index in [9.17, 15) is 4.79 Å². The van der Waals surface area contributed by atoms with Gasteiger partial charge in [-0.15, -0.1) is 0 Å². The van der Waals surface area contributed by atoms with Crippen LogP contribution in [0.25, 0.3) is 0 Å². The minimum Gasteiger partial charge on any atom is -0.497 e. The smallest absolute Gasteiger partial charge is 0.339 e. The lowest BCUT2D eigenvalue weighted by Gasteiger charge is -2.06. The molecule has 2 amide bonds. The van der Waals surface area contributed by atoms with Crippen LogP contribution in [0.2, 0.25) is 0 Å². The van der Waals surface area contributed by atoms with E-state index in [1.807, 2.05) is 49.4 Å². The third-order valence-corrected chi connectivity index (χ3v) is 2.86. The molecule has 0 atom stereocenters. The van der Waals surface area contributed by atoms with Gasteiger partial charge in [0.25, 0.3) is 0 Å². The largest absolute Gasteiger partial charge is 0.497 e. The number of anilines is 1.